The quantitative estimate of drug-likeness (QED) is 0.461. The first kappa shape index (κ1) is 15.3. The Morgan fingerprint density at radius 2 is 1.00 bits per heavy atom. The third kappa shape index (κ3) is 2.82. The van der Waals surface area contributed by atoms with Gasteiger partial charge in [0.15, 0.2) is 7.14 Å². The van der Waals surface area contributed by atoms with E-state index in [1.54, 1.807) is 0 Å². The molecule has 0 amide bonds. The third-order valence-electron chi connectivity index (χ3n) is 3.67. The Balaban J connectivity index is 2.18. The Morgan fingerprint density at radius 3 is 1.41 bits per heavy atom. The van der Waals surface area contributed by atoms with Gasteiger partial charge in [0.2, 0.25) is 0 Å². The van der Waals surface area contributed by atoms with Crippen LogP contribution in [-0.4, -0.2) is 0 Å². The van der Waals surface area contributed by atoms with Gasteiger partial charge in [-0.2, -0.15) is 0 Å². The smallest absolute Gasteiger partial charge is 0.160 e. The number of hydrogen-bond donors (Lipinski definition) is 0. The molecule has 110 valence electrons. The van der Waals surface area contributed by atoms with Crippen LogP contribution in [0.25, 0.3) is 0 Å². The van der Waals surface area contributed by atoms with Crippen LogP contribution in [0.5, 0.6) is 0 Å². The molecule has 0 heterocycles. The minimum absolute atomic E-state index is 0.244. The topological polar surface area (TPSA) is 17.1 Å². The summed E-state index contributed by atoms with van der Waals surface area (Å²) < 4.78 is 13.8. The molecule has 1 unspecified atom stereocenters. The monoisotopic (exact) mass is 370 g/mol. The zero-order valence-electron chi connectivity index (χ0n) is 12.0. The summed E-state index contributed by atoms with van der Waals surface area (Å²) in [6, 6.07) is 29.4. The van der Waals surface area contributed by atoms with Crippen molar-refractivity contribution in [1.29, 1.82) is 0 Å². The molecular formula is C19H16BrOP. The van der Waals surface area contributed by atoms with Gasteiger partial charge in [-0.3, -0.25) is 0 Å². The summed E-state index contributed by atoms with van der Waals surface area (Å²) in [5, 5.41) is 1.74. The maximum atomic E-state index is 14.1. The molecule has 1 nitrogen and oxygen atoms in total. The molecule has 0 aliphatic rings. The van der Waals surface area contributed by atoms with E-state index in [4.69, 9.17) is 0 Å². The lowest BCUT2D eigenvalue weighted by molar-refractivity contribution is 0.586. The molecule has 0 radical (unpaired) electrons. The molecule has 3 aromatic rings. The second-order valence-corrected chi connectivity index (χ2v) is 9.56. The maximum absolute atomic E-state index is 14.1. The average Bonchev–Trinajstić information content (AvgIpc) is 2.62. The Labute approximate surface area is 139 Å². The molecule has 1 atom stereocenters. The molecule has 3 heteroatoms. The molecule has 0 aromatic heterocycles. The molecule has 0 spiro atoms. The SMILES string of the molecule is O=P(c1ccccc1)(c1ccccc1)C(Br)c1ccccc1. The second kappa shape index (κ2) is 6.64. The summed E-state index contributed by atoms with van der Waals surface area (Å²) in [5.41, 5.74) is 1.03. The van der Waals surface area contributed by atoms with Crippen molar-refractivity contribution in [3.05, 3.63) is 96.6 Å². The first-order valence-corrected chi connectivity index (χ1v) is 9.82. The van der Waals surface area contributed by atoms with Crippen molar-refractivity contribution in [2.24, 2.45) is 0 Å². The van der Waals surface area contributed by atoms with Crippen LogP contribution in [0.2, 0.25) is 0 Å². The molecular weight excluding hydrogens is 355 g/mol. The standard InChI is InChI=1S/C19H16BrOP/c20-19(16-10-4-1-5-11-16)22(21,17-12-6-2-7-13-17)18-14-8-3-9-15-18/h1-15,19H. The molecule has 3 rings (SSSR count). The summed E-state index contributed by atoms with van der Waals surface area (Å²) in [7, 11) is -2.82. The van der Waals surface area contributed by atoms with E-state index >= 15 is 0 Å². The van der Waals surface area contributed by atoms with Gasteiger partial charge in [-0.15, -0.1) is 0 Å². The highest BCUT2D eigenvalue weighted by Crippen LogP contribution is 2.60. The van der Waals surface area contributed by atoms with Crippen molar-refractivity contribution < 1.29 is 4.57 Å². The summed E-state index contributed by atoms with van der Waals surface area (Å²) in [4.78, 5) is 0. The van der Waals surface area contributed by atoms with E-state index in [-0.39, 0.29) is 4.57 Å². The Kier molecular flexibility index (Phi) is 4.61. The van der Waals surface area contributed by atoms with Crippen molar-refractivity contribution in [3.63, 3.8) is 0 Å². The fourth-order valence-corrected chi connectivity index (χ4v) is 6.90. The van der Waals surface area contributed by atoms with E-state index < -0.39 is 7.14 Å². The zero-order chi connectivity index (χ0) is 15.4. The lowest BCUT2D eigenvalue weighted by atomic mass is 10.2. The highest BCUT2D eigenvalue weighted by molar-refractivity contribution is 9.10. The van der Waals surface area contributed by atoms with Crippen molar-refractivity contribution >= 4 is 33.7 Å². The van der Waals surface area contributed by atoms with E-state index in [2.05, 4.69) is 15.9 Å². The van der Waals surface area contributed by atoms with Gasteiger partial charge in [0.1, 0.15) is 4.57 Å². The second-order valence-electron chi connectivity index (χ2n) is 5.08. The molecule has 0 bridgehead atoms. The number of rotatable bonds is 4. The van der Waals surface area contributed by atoms with E-state index in [9.17, 15) is 4.57 Å². The van der Waals surface area contributed by atoms with E-state index in [0.717, 1.165) is 16.2 Å². The Hall–Kier alpha value is -1.63. The van der Waals surface area contributed by atoms with Crippen LogP contribution in [0.1, 0.15) is 10.1 Å². The van der Waals surface area contributed by atoms with Crippen LogP contribution in [0.3, 0.4) is 0 Å². The molecule has 3 aromatic carbocycles. The molecule has 22 heavy (non-hydrogen) atoms. The number of halogens is 1. The largest absolute Gasteiger partial charge is 0.312 e. The first-order chi connectivity index (χ1) is 10.7. The van der Waals surface area contributed by atoms with Crippen molar-refractivity contribution in [1.82, 2.24) is 0 Å². The van der Waals surface area contributed by atoms with Gasteiger partial charge >= 0.3 is 0 Å². The van der Waals surface area contributed by atoms with Crippen LogP contribution in [0, 0.1) is 0 Å². The summed E-state index contributed by atoms with van der Waals surface area (Å²) >= 11 is 3.72. The Bertz CT molecular complexity index is 729. The average molecular weight is 371 g/mol. The van der Waals surface area contributed by atoms with Gasteiger partial charge in [-0.25, -0.2) is 0 Å². The van der Waals surface area contributed by atoms with Crippen molar-refractivity contribution in [2.75, 3.05) is 0 Å². The van der Waals surface area contributed by atoms with Gasteiger partial charge in [-0.05, 0) is 5.56 Å². The van der Waals surface area contributed by atoms with Gasteiger partial charge < -0.3 is 4.57 Å². The van der Waals surface area contributed by atoms with E-state index in [1.165, 1.54) is 0 Å². The van der Waals surface area contributed by atoms with Gasteiger partial charge in [0.25, 0.3) is 0 Å². The predicted octanol–water partition coefficient (Wildman–Crippen LogP) is 5.09. The van der Waals surface area contributed by atoms with E-state index in [1.807, 2.05) is 91.0 Å². The van der Waals surface area contributed by atoms with Crippen molar-refractivity contribution in [3.8, 4) is 0 Å². The minimum Gasteiger partial charge on any atom is -0.312 e. The normalized spacial score (nSPS) is 12.8. The zero-order valence-corrected chi connectivity index (χ0v) is 14.5. The lowest BCUT2D eigenvalue weighted by Crippen LogP contribution is -2.18. The minimum atomic E-state index is -2.82. The first-order valence-electron chi connectivity index (χ1n) is 7.13. The third-order valence-corrected chi connectivity index (χ3v) is 9.00. The predicted molar refractivity (Wildman–Crippen MR) is 97.9 cm³/mol. The van der Waals surface area contributed by atoms with Crippen LogP contribution in [0.4, 0.5) is 0 Å². The van der Waals surface area contributed by atoms with E-state index in [0.29, 0.717) is 0 Å². The fourth-order valence-electron chi connectivity index (χ4n) is 2.53. The highest BCUT2D eigenvalue weighted by atomic mass is 79.9. The summed E-state index contributed by atoms with van der Waals surface area (Å²) in [5.74, 6) is 0. The molecule has 0 N–H and O–H groups in total. The van der Waals surface area contributed by atoms with Gasteiger partial charge in [0, 0.05) is 10.6 Å². The number of hydrogen-bond acceptors (Lipinski definition) is 1. The van der Waals surface area contributed by atoms with Crippen LogP contribution in [0.15, 0.2) is 91.0 Å². The summed E-state index contributed by atoms with van der Waals surface area (Å²) in [6.07, 6.45) is 0. The Morgan fingerprint density at radius 1 is 0.636 bits per heavy atom. The molecule has 0 aliphatic carbocycles. The van der Waals surface area contributed by atoms with Crippen LogP contribution < -0.4 is 10.6 Å². The van der Waals surface area contributed by atoms with Crippen LogP contribution >= 0.6 is 23.1 Å². The van der Waals surface area contributed by atoms with Crippen molar-refractivity contribution in [2.45, 2.75) is 4.57 Å². The van der Waals surface area contributed by atoms with Gasteiger partial charge in [0.05, 0.1) is 0 Å². The van der Waals surface area contributed by atoms with Gasteiger partial charge in [-0.1, -0.05) is 107 Å². The number of benzene rings is 3. The summed E-state index contributed by atoms with van der Waals surface area (Å²) in [6.45, 7) is 0. The maximum Gasteiger partial charge on any atom is 0.160 e. The molecule has 0 saturated heterocycles. The molecule has 0 saturated carbocycles. The molecule has 0 aliphatic heterocycles. The number of alkyl halides is 1. The molecule has 0 fully saturated rings. The lowest BCUT2D eigenvalue weighted by Gasteiger charge is -2.25. The highest BCUT2D eigenvalue weighted by Gasteiger charge is 2.35. The fraction of sp³-hybridized carbons (Fsp3) is 0.0526. The van der Waals surface area contributed by atoms with Crippen LogP contribution in [-0.2, 0) is 4.57 Å².